The molecule has 1 aliphatic rings. The van der Waals surface area contributed by atoms with Gasteiger partial charge in [-0.3, -0.25) is 0 Å². The van der Waals surface area contributed by atoms with Crippen LogP contribution >= 0.6 is 0 Å². The van der Waals surface area contributed by atoms with Crippen molar-refractivity contribution in [1.29, 1.82) is 0 Å². The van der Waals surface area contributed by atoms with E-state index in [1.165, 1.54) is 6.42 Å². The second-order valence-electron chi connectivity index (χ2n) is 3.15. The van der Waals surface area contributed by atoms with E-state index in [9.17, 15) is 0 Å². The first-order chi connectivity index (χ1) is 4.77. The van der Waals surface area contributed by atoms with Crippen LogP contribution in [0.3, 0.4) is 0 Å². The molecule has 1 aliphatic heterocycles. The van der Waals surface area contributed by atoms with Crippen molar-refractivity contribution in [1.82, 2.24) is 10.6 Å². The minimum Gasteiger partial charge on any atom is -0.302 e. The molecule has 2 unspecified atom stereocenters. The van der Waals surface area contributed by atoms with Crippen molar-refractivity contribution in [2.24, 2.45) is 11.8 Å². The lowest BCUT2D eigenvalue weighted by Crippen LogP contribution is -2.33. The molecule has 0 aromatic carbocycles. The van der Waals surface area contributed by atoms with Crippen molar-refractivity contribution in [3.63, 3.8) is 0 Å². The van der Waals surface area contributed by atoms with Crippen LogP contribution in [-0.4, -0.2) is 23.3 Å². The van der Waals surface area contributed by atoms with Crippen LogP contribution < -0.4 is 5.59 Å². The molecule has 0 saturated carbocycles. The standard InChI is InChI=1S/C7H16N2O/c1-3-7-5-9(8-10)4-6(7)2/h6-8,10H,3-5H2,1-2H3. The Labute approximate surface area is 62.0 Å². The number of nitrogens with one attached hydrogen (secondary N) is 1. The van der Waals surface area contributed by atoms with Gasteiger partial charge in [0.25, 0.3) is 0 Å². The fourth-order valence-electron chi connectivity index (χ4n) is 1.65. The topological polar surface area (TPSA) is 35.5 Å². The van der Waals surface area contributed by atoms with Crippen LogP contribution in [0.25, 0.3) is 0 Å². The summed E-state index contributed by atoms with van der Waals surface area (Å²) in [6.45, 7) is 6.37. The van der Waals surface area contributed by atoms with Crippen LogP contribution in [0.15, 0.2) is 0 Å². The summed E-state index contributed by atoms with van der Waals surface area (Å²) in [6.07, 6.45) is 1.21. The van der Waals surface area contributed by atoms with E-state index in [1.54, 1.807) is 0 Å². The molecule has 1 saturated heterocycles. The lowest BCUT2D eigenvalue weighted by Gasteiger charge is -2.10. The molecule has 1 heterocycles. The molecule has 0 bridgehead atoms. The maximum atomic E-state index is 8.57. The quantitative estimate of drug-likeness (QED) is 0.564. The Balaban J connectivity index is 2.36. The molecule has 0 aliphatic carbocycles. The Morgan fingerprint density at radius 2 is 2.30 bits per heavy atom. The molecule has 2 atom stereocenters. The van der Waals surface area contributed by atoms with E-state index in [0.29, 0.717) is 5.92 Å². The number of hydrazine groups is 1. The third kappa shape index (κ3) is 1.48. The highest BCUT2D eigenvalue weighted by atomic mass is 16.5. The summed E-state index contributed by atoms with van der Waals surface area (Å²) in [4.78, 5) is 0. The molecule has 0 aromatic heterocycles. The summed E-state index contributed by atoms with van der Waals surface area (Å²) in [7, 11) is 0. The van der Waals surface area contributed by atoms with Crippen LogP contribution in [0.5, 0.6) is 0 Å². The summed E-state index contributed by atoms with van der Waals surface area (Å²) in [5, 5.41) is 10.4. The molecular weight excluding hydrogens is 128 g/mol. The minimum atomic E-state index is 0.713. The largest absolute Gasteiger partial charge is 0.302 e. The van der Waals surface area contributed by atoms with Crippen molar-refractivity contribution in [2.75, 3.05) is 13.1 Å². The van der Waals surface area contributed by atoms with Crippen LogP contribution in [0.4, 0.5) is 0 Å². The van der Waals surface area contributed by atoms with Gasteiger partial charge in [-0.05, 0) is 11.8 Å². The van der Waals surface area contributed by atoms with Gasteiger partial charge in [0, 0.05) is 13.1 Å². The molecular formula is C7H16N2O. The Kier molecular flexibility index (Phi) is 2.65. The zero-order chi connectivity index (χ0) is 7.56. The van der Waals surface area contributed by atoms with Crippen LogP contribution in [0.2, 0.25) is 0 Å². The van der Waals surface area contributed by atoms with Crippen molar-refractivity contribution < 1.29 is 5.21 Å². The van der Waals surface area contributed by atoms with E-state index >= 15 is 0 Å². The monoisotopic (exact) mass is 144 g/mol. The van der Waals surface area contributed by atoms with Gasteiger partial charge in [-0.2, -0.15) is 0 Å². The highest BCUT2D eigenvalue weighted by Crippen LogP contribution is 2.23. The van der Waals surface area contributed by atoms with E-state index in [1.807, 2.05) is 5.01 Å². The van der Waals surface area contributed by atoms with Crippen LogP contribution in [0, 0.1) is 11.8 Å². The van der Waals surface area contributed by atoms with Gasteiger partial charge in [-0.15, -0.1) is 5.59 Å². The number of nitrogens with zero attached hydrogens (tertiary/aromatic N) is 1. The normalized spacial score (nSPS) is 35.1. The van der Waals surface area contributed by atoms with Gasteiger partial charge < -0.3 is 5.21 Å². The third-order valence-electron chi connectivity index (χ3n) is 2.43. The Morgan fingerprint density at radius 1 is 1.60 bits per heavy atom. The third-order valence-corrected chi connectivity index (χ3v) is 2.43. The summed E-state index contributed by atoms with van der Waals surface area (Å²) in [5.41, 5.74) is 2.19. The highest BCUT2D eigenvalue weighted by molar-refractivity contribution is 4.77. The molecule has 0 amide bonds. The van der Waals surface area contributed by atoms with Crippen molar-refractivity contribution in [3.05, 3.63) is 0 Å². The number of rotatable bonds is 2. The van der Waals surface area contributed by atoms with Gasteiger partial charge in [0.2, 0.25) is 0 Å². The Morgan fingerprint density at radius 3 is 2.60 bits per heavy atom. The zero-order valence-electron chi connectivity index (χ0n) is 6.67. The zero-order valence-corrected chi connectivity index (χ0v) is 6.67. The van der Waals surface area contributed by atoms with Crippen molar-refractivity contribution >= 4 is 0 Å². The molecule has 10 heavy (non-hydrogen) atoms. The average molecular weight is 144 g/mol. The molecule has 1 fully saturated rings. The van der Waals surface area contributed by atoms with Gasteiger partial charge in [0.05, 0.1) is 0 Å². The molecule has 1 rings (SSSR count). The van der Waals surface area contributed by atoms with E-state index in [0.717, 1.165) is 19.0 Å². The number of hydrogen-bond acceptors (Lipinski definition) is 3. The van der Waals surface area contributed by atoms with Gasteiger partial charge in [0.15, 0.2) is 0 Å². The maximum absolute atomic E-state index is 8.57. The van der Waals surface area contributed by atoms with Crippen molar-refractivity contribution in [2.45, 2.75) is 20.3 Å². The molecule has 3 heteroatoms. The first kappa shape index (κ1) is 7.98. The fourth-order valence-corrected chi connectivity index (χ4v) is 1.65. The smallest absolute Gasteiger partial charge is 0.0184 e. The molecule has 0 spiro atoms. The highest BCUT2D eigenvalue weighted by Gasteiger charge is 2.27. The first-order valence-electron chi connectivity index (χ1n) is 3.92. The lowest BCUT2D eigenvalue weighted by atomic mass is 9.96. The summed E-state index contributed by atoms with van der Waals surface area (Å²) >= 11 is 0. The molecule has 0 aromatic rings. The van der Waals surface area contributed by atoms with Gasteiger partial charge in [-0.25, -0.2) is 5.01 Å². The van der Waals surface area contributed by atoms with E-state index in [-0.39, 0.29) is 0 Å². The second kappa shape index (κ2) is 3.32. The predicted octanol–water partition coefficient (Wildman–Crippen LogP) is 0.858. The Bertz CT molecular complexity index is 108. The van der Waals surface area contributed by atoms with E-state index in [2.05, 4.69) is 19.4 Å². The molecule has 3 nitrogen and oxygen atoms in total. The summed E-state index contributed by atoms with van der Waals surface area (Å²) < 4.78 is 0. The summed E-state index contributed by atoms with van der Waals surface area (Å²) in [5.74, 6) is 1.46. The molecule has 2 N–H and O–H groups in total. The SMILES string of the molecule is CCC1CN(NO)CC1C. The summed E-state index contributed by atoms with van der Waals surface area (Å²) in [6, 6.07) is 0. The van der Waals surface area contributed by atoms with Crippen molar-refractivity contribution in [3.8, 4) is 0 Å². The molecule has 60 valence electrons. The lowest BCUT2D eigenvalue weighted by molar-refractivity contribution is -0.00688. The van der Waals surface area contributed by atoms with Crippen LogP contribution in [-0.2, 0) is 0 Å². The Hall–Kier alpha value is -0.120. The van der Waals surface area contributed by atoms with Gasteiger partial charge >= 0.3 is 0 Å². The van der Waals surface area contributed by atoms with E-state index < -0.39 is 0 Å². The van der Waals surface area contributed by atoms with E-state index in [4.69, 9.17) is 5.21 Å². The first-order valence-corrected chi connectivity index (χ1v) is 3.92. The van der Waals surface area contributed by atoms with Gasteiger partial charge in [-0.1, -0.05) is 20.3 Å². The maximum Gasteiger partial charge on any atom is 0.0184 e. The van der Waals surface area contributed by atoms with Crippen LogP contribution in [0.1, 0.15) is 20.3 Å². The van der Waals surface area contributed by atoms with Gasteiger partial charge in [0.1, 0.15) is 0 Å². The number of hydrogen-bond donors (Lipinski definition) is 2. The fraction of sp³-hybridized carbons (Fsp3) is 1.00. The predicted molar refractivity (Wildman–Crippen MR) is 39.4 cm³/mol. The minimum absolute atomic E-state index is 0.713. The average Bonchev–Trinajstić information content (AvgIpc) is 2.30. The molecule has 0 radical (unpaired) electrons. The second-order valence-corrected chi connectivity index (χ2v) is 3.15.